The Morgan fingerprint density at radius 3 is 2.62 bits per heavy atom. The quantitative estimate of drug-likeness (QED) is 0.648. The first-order valence-electron chi connectivity index (χ1n) is 10.8. The lowest BCUT2D eigenvalue weighted by atomic mass is 10.00. The Hall–Kier alpha value is -2.58. The molecule has 32 heavy (non-hydrogen) atoms. The number of amides is 3. The van der Waals surface area contributed by atoms with Gasteiger partial charge in [0.05, 0.1) is 11.4 Å². The summed E-state index contributed by atoms with van der Waals surface area (Å²) >= 11 is 6.12. The van der Waals surface area contributed by atoms with Crippen LogP contribution in [0.2, 0.25) is 5.02 Å². The van der Waals surface area contributed by atoms with Crippen molar-refractivity contribution in [3.63, 3.8) is 0 Å². The van der Waals surface area contributed by atoms with Crippen LogP contribution in [-0.4, -0.2) is 44.4 Å². The van der Waals surface area contributed by atoms with Crippen LogP contribution in [0, 0.1) is 6.92 Å². The number of para-hydroxylation sites is 1. The molecule has 3 amide bonds. The maximum absolute atomic E-state index is 13.6. The molecule has 0 radical (unpaired) electrons. The summed E-state index contributed by atoms with van der Waals surface area (Å²) in [5.74, 6) is -0.179. The van der Waals surface area contributed by atoms with Gasteiger partial charge in [0, 0.05) is 17.6 Å². The van der Waals surface area contributed by atoms with E-state index in [0.717, 1.165) is 30.0 Å². The molecule has 4 rings (SSSR count). The zero-order valence-electron chi connectivity index (χ0n) is 18.1. The summed E-state index contributed by atoms with van der Waals surface area (Å²) < 4.78 is 27.7. The highest BCUT2D eigenvalue weighted by Gasteiger charge is 2.44. The molecule has 9 heteroatoms. The van der Waals surface area contributed by atoms with Crippen molar-refractivity contribution >= 4 is 44.9 Å². The number of rotatable bonds is 4. The van der Waals surface area contributed by atoms with Gasteiger partial charge in [0.2, 0.25) is 5.91 Å². The maximum Gasteiger partial charge on any atom is 0.343 e. The van der Waals surface area contributed by atoms with E-state index in [0.29, 0.717) is 17.1 Å². The molecule has 1 fully saturated rings. The molecule has 1 atom stereocenters. The van der Waals surface area contributed by atoms with Gasteiger partial charge in [-0.15, -0.1) is 0 Å². The Bertz CT molecular complexity index is 1170. The topological polar surface area (TPSA) is 78.0 Å². The summed E-state index contributed by atoms with van der Waals surface area (Å²) in [4.78, 5) is 29.9. The van der Waals surface area contributed by atoms with Crippen LogP contribution in [0.15, 0.2) is 47.4 Å². The van der Waals surface area contributed by atoms with Gasteiger partial charge in [-0.2, -0.15) is 4.31 Å². The Labute approximate surface area is 193 Å². The van der Waals surface area contributed by atoms with Gasteiger partial charge in [0.1, 0.15) is 11.4 Å². The molecule has 2 heterocycles. The molecule has 0 N–H and O–H groups in total. The summed E-state index contributed by atoms with van der Waals surface area (Å²) in [6, 6.07) is 10.4. The number of carbonyl (C=O) groups excluding carboxylic acids is 2. The van der Waals surface area contributed by atoms with E-state index in [1.165, 1.54) is 17.0 Å². The van der Waals surface area contributed by atoms with E-state index < -0.39 is 16.1 Å². The minimum absolute atomic E-state index is 0.0162. The summed E-state index contributed by atoms with van der Waals surface area (Å²) in [6.45, 7) is 4.19. The molecule has 0 aliphatic carbocycles. The van der Waals surface area contributed by atoms with E-state index in [2.05, 4.69) is 0 Å². The van der Waals surface area contributed by atoms with Crippen LogP contribution in [0.1, 0.15) is 38.2 Å². The number of sulfonamides is 1. The van der Waals surface area contributed by atoms with E-state index >= 15 is 0 Å². The lowest BCUT2D eigenvalue weighted by Crippen LogP contribution is -2.55. The average molecular weight is 476 g/mol. The van der Waals surface area contributed by atoms with Crippen molar-refractivity contribution in [3.05, 3.63) is 53.1 Å². The van der Waals surface area contributed by atoms with Gasteiger partial charge >= 0.3 is 6.03 Å². The lowest BCUT2D eigenvalue weighted by molar-refractivity contribution is -0.133. The average Bonchev–Trinajstić information content (AvgIpc) is 2.78. The Morgan fingerprint density at radius 2 is 1.88 bits per heavy atom. The van der Waals surface area contributed by atoms with Gasteiger partial charge in [0.15, 0.2) is 0 Å². The number of hydrogen-bond donors (Lipinski definition) is 0. The number of anilines is 2. The van der Waals surface area contributed by atoms with E-state index in [1.807, 2.05) is 11.8 Å². The van der Waals surface area contributed by atoms with Crippen LogP contribution < -0.4 is 9.21 Å². The first-order valence-corrected chi connectivity index (χ1v) is 12.6. The predicted molar refractivity (Wildman–Crippen MR) is 125 cm³/mol. The van der Waals surface area contributed by atoms with E-state index in [1.54, 1.807) is 37.3 Å². The molecule has 2 aromatic rings. The third-order valence-electron chi connectivity index (χ3n) is 6.18. The fourth-order valence-corrected chi connectivity index (χ4v) is 6.29. The largest absolute Gasteiger partial charge is 0.343 e. The van der Waals surface area contributed by atoms with Crippen molar-refractivity contribution in [2.45, 2.75) is 50.5 Å². The number of hydrogen-bond acceptors (Lipinski definition) is 4. The maximum atomic E-state index is 13.6. The second-order valence-corrected chi connectivity index (χ2v) is 10.4. The summed E-state index contributed by atoms with van der Waals surface area (Å²) in [7, 11) is -4.17. The molecule has 0 bridgehead atoms. The fourth-order valence-electron chi connectivity index (χ4n) is 4.48. The summed E-state index contributed by atoms with van der Waals surface area (Å²) in [6.07, 6.45) is 3.79. The van der Waals surface area contributed by atoms with Crippen molar-refractivity contribution in [3.8, 4) is 0 Å². The minimum atomic E-state index is -4.17. The summed E-state index contributed by atoms with van der Waals surface area (Å²) in [5.41, 5.74) is 0.977. The highest BCUT2D eigenvalue weighted by Crippen LogP contribution is 2.39. The zero-order chi connectivity index (χ0) is 23.0. The van der Waals surface area contributed by atoms with Gasteiger partial charge in [-0.3, -0.25) is 9.69 Å². The fraction of sp³-hybridized carbons (Fsp3) is 0.391. The number of nitrogens with zero attached hydrogens (tertiary/aromatic N) is 3. The second kappa shape index (κ2) is 8.75. The Morgan fingerprint density at radius 1 is 1.12 bits per heavy atom. The van der Waals surface area contributed by atoms with Crippen LogP contribution >= 0.6 is 11.6 Å². The van der Waals surface area contributed by atoms with Gasteiger partial charge in [0.25, 0.3) is 10.0 Å². The molecule has 7 nitrogen and oxygen atoms in total. The van der Waals surface area contributed by atoms with Crippen molar-refractivity contribution in [1.29, 1.82) is 0 Å². The molecule has 2 aliphatic rings. The molecule has 0 spiro atoms. The van der Waals surface area contributed by atoms with Gasteiger partial charge < -0.3 is 4.90 Å². The SMILES string of the molecule is CC[C@H]1CCCCN1C(=O)CN1C(=O)N(c2cc(Cl)ccc2C)S(=O)(=O)c2ccccc21. The van der Waals surface area contributed by atoms with Crippen LogP contribution in [0.5, 0.6) is 0 Å². The standard InChI is InChI=1S/C23H26ClN3O4S/c1-3-18-8-6-7-13-25(18)22(28)15-26-19-9-4-5-10-21(19)32(30,31)27(23(26)29)20-14-17(24)12-11-16(20)2/h4-5,9-12,14,18H,3,6-8,13,15H2,1-2H3/t18-/m0/s1. The molecule has 1 saturated heterocycles. The van der Waals surface area contributed by atoms with Gasteiger partial charge in [-0.1, -0.05) is 36.7 Å². The smallest absolute Gasteiger partial charge is 0.338 e. The second-order valence-electron chi connectivity index (χ2n) is 8.18. The summed E-state index contributed by atoms with van der Waals surface area (Å²) in [5, 5.41) is 0.314. The first kappa shape index (κ1) is 22.6. The van der Waals surface area contributed by atoms with Crippen LogP contribution in [0.25, 0.3) is 0 Å². The van der Waals surface area contributed by atoms with E-state index in [9.17, 15) is 18.0 Å². The molecule has 170 valence electrons. The Balaban J connectivity index is 1.78. The number of likely N-dealkylation sites (tertiary alicyclic amines) is 1. The molecule has 0 aromatic heterocycles. The van der Waals surface area contributed by atoms with Crippen molar-refractivity contribution in [1.82, 2.24) is 4.90 Å². The van der Waals surface area contributed by atoms with Crippen molar-refractivity contribution in [2.24, 2.45) is 0 Å². The van der Waals surface area contributed by atoms with Gasteiger partial charge in [-0.05, 0) is 62.4 Å². The molecule has 0 saturated carbocycles. The molecule has 2 aromatic carbocycles. The van der Waals surface area contributed by atoms with Crippen LogP contribution in [0.3, 0.4) is 0 Å². The number of halogens is 1. The van der Waals surface area contributed by atoms with Gasteiger partial charge in [-0.25, -0.2) is 13.2 Å². The molecular weight excluding hydrogens is 450 g/mol. The number of carbonyl (C=O) groups is 2. The number of urea groups is 1. The zero-order valence-corrected chi connectivity index (χ0v) is 19.7. The highest BCUT2D eigenvalue weighted by molar-refractivity contribution is 7.94. The third kappa shape index (κ3) is 3.86. The van der Waals surface area contributed by atoms with E-state index in [4.69, 9.17) is 11.6 Å². The lowest BCUT2D eigenvalue weighted by Gasteiger charge is -2.39. The number of fused-ring (bicyclic) bond motifs is 1. The third-order valence-corrected chi connectivity index (χ3v) is 8.15. The number of piperidine rings is 1. The first-order chi connectivity index (χ1) is 15.3. The monoisotopic (exact) mass is 475 g/mol. The normalized spacial score (nSPS) is 20.3. The predicted octanol–water partition coefficient (Wildman–Crippen LogP) is 4.57. The Kier molecular flexibility index (Phi) is 6.18. The number of benzene rings is 2. The minimum Gasteiger partial charge on any atom is -0.338 e. The van der Waals surface area contributed by atoms with Crippen molar-refractivity contribution in [2.75, 3.05) is 22.3 Å². The van der Waals surface area contributed by atoms with Crippen molar-refractivity contribution < 1.29 is 18.0 Å². The molecular formula is C23H26ClN3O4S. The number of aryl methyl sites for hydroxylation is 1. The van der Waals surface area contributed by atoms with Crippen LogP contribution in [0.4, 0.5) is 16.2 Å². The highest BCUT2D eigenvalue weighted by atomic mass is 35.5. The molecule has 2 aliphatic heterocycles. The van der Waals surface area contributed by atoms with E-state index in [-0.39, 0.29) is 34.8 Å². The molecule has 0 unspecified atom stereocenters. The van der Waals surface area contributed by atoms with Crippen LogP contribution in [-0.2, 0) is 14.8 Å².